The average Bonchev–Trinajstić information content (AvgIpc) is 2.33. The Bertz CT molecular complexity index is 635. The van der Waals surface area contributed by atoms with E-state index < -0.39 is 17.3 Å². The summed E-state index contributed by atoms with van der Waals surface area (Å²) >= 11 is 0. The molecular formula is C15H13FO3. The molecule has 3 nitrogen and oxygen atoms in total. The first-order chi connectivity index (χ1) is 8.99. The SMILES string of the molecule is Cc1ccc(Oc2cccc(F)c2C(=O)O)cc1C. The van der Waals surface area contributed by atoms with Crippen molar-refractivity contribution < 1.29 is 19.0 Å². The molecule has 0 amide bonds. The lowest BCUT2D eigenvalue weighted by Crippen LogP contribution is -2.03. The summed E-state index contributed by atoms with van der Waals surface area (Å²) in [5.41, 5.74) is 1.66. The Hall–Kier alpha value is -2.36. The minimum atomic E-state index is -1.35. The van der Waals surface area contributed by atoms with Gasteiger partial charge < -0.3 is 9.84 Å². The highest BCUT2D eigenvalue weighted by atomic mass is 19.1. The quantitative estimate of drug-likeness (QED) is 0.909. The van der Waals surface area contributed by atoms with Gasteiger partial charge in [0.15, 0.2) is 0 Å². The number of halogens is 1. The molecule has 0 atom stereocenters. The number of carbonyl (C=O) groups is 1. The highest BCUT2D eigenvalue weighted by Gasteiger charge is 2.17. The van der Waals surface area contributed by atoms with Crippen molar-refractivity contribution in [3.63, 3.8) is 0 Å². The Balaban J connectivity index is 2.40. The Morgan fingerprint density at radius 1 is 1.16 bits per heavy atom. The highest BCUT2D eigenvalue weighted by Crippen LogP contribution is 2.28. The van der Waals surface area contributed by atoms with E-state index in [4.69, 9.17) is 9.84 Å². The minimum Gasteiger partial charge on any atom is -0.477 e. The summed E-state index contributed by atoms with van der Waals surface area (Å²) in [6, 6.07) is 9.31. The molecule has 0 aliphatic heterocycles. The molecule has 0 spiro atoms. The van der Waals surface area contributed by atoms with Crippen LogP contribution in [-0.2, 0) is 0 Å². The summed E-state index contributed by atoms with van der Waals surface area (Å²) < 4.78 is 19.0. The van der Waals surface area contributed by atoms with Crippen molar-refractivity contribution in [1.29, 1.82) is 0 Å². The molecule has 0 aliphatic rings. The topological polar surface area (TPSA) is 46.5 Å². The van der Waals surface area contributed by atoms with Crippen LogP contribution in [0, 0.1) is 19.7 Å². The normalized spacial score (nSPS) is 10.3. The number of carboxylic acids is 1. The van der Waals surface area contributed by atoms with E-state index in [0.29, 0.717) is 5.75 Å². The third-order valence-electron chi connectivity index (χ3n) is 2.90. The second-order valence-corrected chi connectivity index (χ2v) is 4.27. The summed E-state index contributed by atoms with van der Waals surface area (Å²) in [5.74, 6) is -1.68. The molecule has 0 bridgehead atoms. The average molecular weight is 260 g/mol. The molecule has 0 saturated carbocycles. The van der Waals surface area contributed by atoms with Gasteiger partial charge in [-0.25, -0.2) is 9.18 Å². The van der Waals surface area contributed by atoms with E-state index in [1.165, 1.54) is 12.1 Å². The predicted octanol–water partition coefficient (Wildman–Crippen LogP) is 3.93. The summed E-state index contributed by atoms with van der Waals surface area (Å²) in [7, 11) is 0. The van der Waals surface area contributed by atoms with Crippen LogP contribution in [0.5, 0.6) is 11.5 Å². The first-order valence-electron chi connectivity index (χ1n) is 5.76. The zero-order valence-corrected chi connectivity index (χ0v) is 10.6. The molecule has 2 rings (SSSR count). The van der Waals surface area contributed by atoms with Crippen molar-refractivity contribution in [2.75, 3.05) is 0 Å². The van der Waals surface area contributed by atoms with Gasteiger partial charge in [0.2, 0.25) is 0 Å². The van der Waals surface area contributed by atoms with Crippen LogP contribution in [0.2, 0.25) is 0 Å². The summed E-state index contributed by atoms with van der Waals surface area (Å²) in [5, 5.41) is 9.00. The van der Waals surface area contributed by atoms with E-state index in [0.717, 1.165) is 17.2 Å². The van der Waals surface area contributed by atoms with Crippen molar-refractivity contribution in [3.8, 4) is 11.5 Å². The van der Waals surface area contributed by atoms with E-state index >= 15 is 0 Å². The Morgan fingerprint density at radius 2 is 1.89 bits per heavy atom. The smallest absolute Gasteiger partial charge is 0.342 e. The van der Waals surface area contributed by atoms with Gasteiger partial charge in [0.1, 0.15) is 22.9 Å². The van der Waals surface area contributed by atoms with Gasteiger partial charge in [0.25, 0.3) is 0 Å². The van der Waals surface area contributed by atoms with Crippen molar-refractivity contribution in [2.45, 2.75) is 13.8 Å². The second-order valence-electron chi connectivity index (χ2n) is 4.27. The first-order valence-corrected chi connectivity index (χ1v) is 5.76. The number of hydrogen-bond acceptors (Lipinski definition) is 2. The van der Waals surface area contributed by atoms with Crippen LogP contribution in [0.4, 0.5) is 4.39 Å². The standard InChI is InChI=1S/C15H13FO3/c1-9-6-7-11(8-10(9)2)19-13-5-3-4-12(16)14(13)15(17)18/h3-8H,1-2H3,(H,17,18). The van der Waals surface area contributed by atoms with Crippen LogP contribution in [0.15, 0.2) is 36.4 Å². The lowest BCUT2D eigenvalue weighted by Gasteiger charge is -2.10. The first kappa shape index (κ1) is 13.1. The van der Waals surface area contributed by atoms with Gasteiger partial charge in [-0.3, -0.25) is 0 Å². The number of carboxylic acid groups (broad SMARTS) is 1. The molecule has 0 heterocycles. The Labute approximate surface area is 110 Å². The molecule has 0 unspecified atom stereocenters. The van der Waals surface area contributed by atoms with Crippen LogP contribution in [0.3, 0.4) is 0 Å². The van der Waals surface area contributed by atoms with Crippen LogP contribution < -0.4 is 4.74 Å². The van der Waals surface area contributed by atoms with Gasteiger partial charge in [0.05, 0.1) is 0 Å². The maximum Gasteiger partial charge on any atom is 0.342 e. The lowest BCUT2D eigenvalue weighted by molar-refractivity contribution is 0.0689. The van der Waals surface area contributed by atoms with Crippen LogP contribution in [0.25, 0.3) is 0 Å². The largest absolute Gasteiger partial charge is 0.477 e. The molecule has 98 valence electrons. The van der Waals surface area contributed by atoms with E-state index in [1.807, 2.05) is 19.9 Å². The van der Waals surface area contributed by atoms with E-state index in [9.17, 15) is 9.18 Å². The number of aromatic carboxylic acids is 1. The molecule has 4 heteroatoms. The van der Waals surface area contributed by atoms with Crippen molar-refractivity contribution in [1.82, 2.24) is 0 Å². The Kier molecular flexibility index (Phi) is 3.51. The molecular weight excluding hydrogens is 247 g/mol. The predicted molar refractivity (Wildman–Crippen MR) is 69.3 cm³/mol. The van der Waals surface area contributed by atoms with Crippen LogP contribution >= 0.6 is 0 Å². The number of hydrogen-bond donors (Lipinski definition) is 1. The number of benzene rings is 2. The third kappa shape index (κ3) is 2.73. The fourth-order valence-electron chi connectivity index (χ4n) is 1.70. The van der Waals surface area contributed by atoms with Gasteiger partial charge in [-0.1, -0.05) is 12.1 Å². The molecule has 2 aromatic rings. The van der Waals surface area contributed by atoms with E-state index in [2.05, 4.69) is 0 Å². The van der Waals surface area contributed by atoms with Gasteiger partial charge >= 0.3 is 5.97 Å². The van der Waals surface area contributed by atoms with Crippen LogP contribution in [0.1, 0.15) is 21.5 Å². The second kappa shape index (κ2) is 5.10. The number of aryl methyl sites for hydroxylation is 2. The zero-order valence-electron chi connectivity index (χ0n) is 10.6. The van der Waals surface area contributed by atoms with Gasteiger partial charge in [-0.05, 0) is 49.2 Å². The number of rotatable bonds is 3. The minimum absolute atomic E-state index is 0.00393. The van der Waals surface area contributed by atoms with E-state index in [-0.39, 0.29) is 5.75 Å². The lowest BCUT2D eigenvalue weighted by atomic mass is 10.1. The van der Waals surface area contributed by atoms with Crippen molar-refractivity contribution in [2.24, 2.45) is 0 Å². The summed E-state index contributed by atoms with van der Waals surface area (Å²) in [6.07, 6.45) is 0. The van der Waals surface area contributed by atoms with Crippen molar-refractivity contribution >= 4 is 5.97 Å². The number of ether oxygens (including phenoxy) is 1. The van der Waals surface area contributed by atoms with E-state index in [1.54, 1.807) is 12.1 Å². The molecule has 0 saturated heterocycles. The zero-order chi connectivity index (χ0) is 14.0. The molecule has 0 aromatic heterocycles. The van der Waals surface area contributed by atoms with Gasteiger partial charge in [-0.2, -0.15) is 0 Å². The maximum absolute atomic E-state index is 13.5. The monoisotopic (exact) mass is 260 g/mol. The summed E-state index contributed by atoms with van der Waals surface area (Å²) in [4.78, 5) is 11.0. The molecule has 0 aliphatic carbocycles. The van der Waals surface area contributed by atoms with Gasteiger partial charge in [0, 0.05) is 0 Å². The van der Waals surface area contributed by atoms with Crippen LogP contribution in [-0.4, -0.2) is 11.1 Å². The maximum atomic E-state index is 13.5. The molecule has 19 heavy (non-hydrogen) atoms. The molecule has 0 fully saturated rings. The highest BCUT2D eigenvalue weighted by molar-refractivity contribution is 5.91. The van der Waals surface area contributed by atoms with Gasteiger partial charge in [-0.15, -0.1) is 0 Å². The third-order valence-corrected chi connectivity index (χ3v) is 2.90. The Morgan fingerprint density at radius 3 is 2.53 bits per heavy atom. The summed E-state index contributed by atoms with van der Waals surface area (Å²) in [6.45, 7) is 3.88. The molecule has 2 aromatic carbocycles. The van der Waals surface area contributed by atoms with Crippen molar-refractivity contribution in [3.05, 3.63) is 58.9 Å². The molecule has 0 radical (unpaired) electrons. The fourth-order valence-corrected chi connectivity index (χ4v) is 1.70. The molecule has 1 N–H and O–H groups in total. The fraction of sp³-hybridized carbons (Fsp3) is 0.133.